The molecular formula is C22H27N5O. The molecule has 2 heterocycles. The number of hydrogen-bond donors (Lipinski definition) is 1. The number of rotatable bonds is 7. The third-order valence-electron chi connectivity index (χ3n) is 4.44. The molecule has 0 bridgehead atoms. The van der Waals surface area contributed by atoms with Gasteiger partial charge in [-0.1, -0.05) is 44.2 Å². The zero-order valence-corrected chi connectivity index (χ0v) is 16.9. The van der Waals surface area contributed by atoms with E-state index < -0.39 is 0 Å². The maximum atomic E-state index is 12.8. The number of pyridine rings is 1. The van der Waals surface area contributed by atoms with Gasteiger partial charge >= 0.3 is 0 Å². The number of amides is 1. The fourth-order valence-electron chi connectivity index (χ4n) is 3.16. The van der Waals surface area contributed by atoms with Gasteiger partial charge in [-0.25, -0.2) is 9.67 Å². The molecule has 0 saturated carbocycles. The molecule has 146 valence electrons. The topological polar surface area (TPSA) is 63.1 Å². The highest BCUT2D eigenvalue weighted by atomic mass is 16.1. The molecule has 1 aromatic carbocycles. The molecule has 0 atom stereocenters. The molecule has 0 radical (unpaired) electrons. The van der Waals surface area contributed by atoms with Crippen molar-refractivity contribution in [2.24, 2.45) is 0 Å². The van der Waals surface area contributed by atoms with Crippen LogP contribution in [0.5, 0.6) is 0 Å². The molecule has 1 N–H and O–H groups in total. The third-order valence-corrected chi connectivity index (χ3v) is 4.44. The SMILES string of the molecule is CC(C)c1c(C(=O)NCc2ccc(CN(C)C)cc2)cnn1-c1ccccn1. The summed E-state index contributed by atoms with van der Waals surface area (Å²) in [6, 6.07) is 14.0. The van der Waals surface area contributed by atoms with Crippen LogP contribution in [0.15, 0.2) is 54.9 Å². The van der Waals surface area contributed by atoms with Gasteiger partial charge < -0.3 is 10.2 Å². The molecule has 28 heavy (non-hydrogen) atoms. The Bertz CT molecular complexity index is 914. The van der Waals surface area contributed by atoms with Gasteiger partial charge in [0, 0.05) is 19.3 Å². The van der Waals surface area contributed by atoms with Crippen molar-refractivity contribution in [2.45, 2.75) is 32.9 Å². The second-order valence-electron chi connectivity index (χ2n) is 7.43. The quantitative estimate of drug-likeness (QED) is 0.686. The van der Waals surface area contributed by atoms with Gasteiger partial charge in [-0.3, -0.25) is 4.79 Å². The number of nitrogens with zero attached hydrogens (tertiary/aromatic N) is 4. The maximum Gasteiger partial charge on any atom is 0.255 e. The first-order valence-corrected chi connectivity index (χ1v) is 9.45. The highest BCUT2D eigenvalue weighted by Crippen LogP contribution is 2.22. The Morgan fingerprint density at radius 3 is 2.43 bits per heavy atom. The minimum Gasteiger partial charge on any atom is -0.348 e. The van der Waals surface area contributed by atoms with Gasteiger partial charge in [0.2, 0.25) is 0 Å². The summed E-state index contributed by atoms with van der Waals surface area (Å²) in [7, 11) is 4.09. The summed E-state index contributed by atoms with van der Waals surface area (Å²) in [6.45, 7) is 5.48. The van der Waals surface area contributed by atoms with Gasteiger partial charge in [-0.05, 0) is 43.3 Å². The second-order valence-corrected chi connectivity index (χ2v) is 7.43. The van der Waals surface area contributed by atoms with Gasteiger partial charge in [-0.15, -0.1) is 0 Å². The summed E-state index contributed by atoms with van der Waals surface area (Å²) in [5.74, 6) is 0.723. The van der Waals surface area contributed by atoms with E-state index in [0.29, 0.717) is 17.9 Å². The second kappa shape index (κ2) is 8.80. The molecular weight excluding hydrogens is 350 g/mol. The van der Waals surface area contributed by atoms with Gasteiger partial charge in [0.25, 0.3) is 5.91 Å². The van der Waals surface area contributed by atoms with E-state index in [1.807, 2.05) is 32.3 Å². The number of carbonyl (C=O) groups excluding carboxylic acids is 1. The highest BCUT2D eigenvalue weighted by molar-refractivity contribution is 5.95. The molecule has 6 nitrogen and oxygen atoms in total. The lowest BCUT2D eigenvalue weighted by Gasteiger charge is -2.13. The predicted molar refractivity (Wildman–Crippen MR) is 110 cm³/mol. The molecule has 0 spiro atoms. The van der Waals surface area contributed by atoms with Crippen LogP contribution in [0.1, 0.15) is 46.9 Å². The normalized spacial score (nSPS) is 11.2. The number of benzene rings is 1. The van der Waals surface area contributed by atoms with Crippen molar-refractivity contribution < 1.29 is 4.79 Å². The van der Waals surface area contributed by atoms with Crippen molar-refractivity contribution >= 4 is 5.91 Å². The molecule has 0 saturated heterocycles. The van der Waals surface area contributed by atoms with Gasteiger partial charge in [0.1, 0.15) is 0 Å². The van der Waals surface area contributed by atoms with E-state index >= 15 is 0 Å². The molecule has 6 heteroatoms. The zero-order valence-electron chi connectivity index (χ0n) is 16.9. The summed E-state index contributed by atoms with van der Waals surface area (Å²) in [4.78, 5) is 19.3. The van der Waals surface area contributed by atoms with Crippen LogP contribution in [0.3, 0.4) is 0 Å². The lowest BCUT2D eigenvalue weighted by atomic mass is 10.1. The number of aromatic nitrogens is 3. The molecule has 0 fully saturated rings. The van der Waals surface area contributed by atoms with E-state index in [9.17, 15) is 4.79 Å². The Morgan fingerprint density at radius 2 is 1.82 bits per heavy atom. The lowest BCUT2D eigenvalue weighted by molar-refractivity contribution is 0.0949. The number of nitrogens with one attached hydrogen (secondary N) is 1. The molecule has 2 aromatic heterocycles. The van der Waals surface area contributed by atoms with Gasteiger partial charge in [0.05, 0.1) is 17.5 Å². The van der Waals surface area contributed by atoms with Crippen LogP contribution in [-0.4, -0.2) is 39.7 Å². The molecule has 3 aromatic rings. The molecule has 0 aliphatic carbocycles. The molecule has 3 rings (SSSR count). The van der Waals surface area contributed by atoms with Crippen LogP contribution in [0.2, 0.25) is 0 Å². The van der Waals surface area contributed by atoms with E-state index in [4.69, 9.17) is 0 Å². The third kappa shape index (κ3) is 4.64. The first-order chi connectivity index (χ1) is 13.5. The van der Waals surface area contributed by atoms with Crippen molar-refractivity contribution in [2.75, 3.05) is 14.1 Å². The average molecular weight is 377 g/mol. The molecule has 0 aliphatic heterocycles. The van der Waals surface area contributed by atoms with E-state index in [0.717, 1.165) is 17.8 Å². The van der Waals surface area contributed by atoms with Crippen molar-refractivity contribution in [3.8, 4) is 5.82 Å². The van der Waals surface area contributed by atoms with Gasteiger partial charge in [0.15, 0.2) is 5.82 Å². The Morgan fingerprint density at radius 1 is 1.11 bits per heavy atom. The number of carbonyl (C=O) groups is 1. The summed E-state index contributed by atoms with van der Waals surface area (Å²) in [5, 5.41) is 7.42. The predicted octanol–water partition coefficient (Wildman–Crippen LogP) is 3.38. The molecule has 0 aliphatic rings. The van der Waals surface area contributed by atoms with Crippen LogP contribution in [0.4, 0.5) is 0 Å². The molecule has 1 amide bonds. The minimum atomic E-state index is -0.122. The minimum absolute atomic E-state index is 0.122. The number of hydrogen-bond acceptors (Lipinski definition) is 4. The van der Waals surface area contributed by atoms with Crippen LogP contribution in [-0.2, 0) is 13.1 Å². The van der Waals surface area contributed by atoms with E-state index in [2.05, 4.69) is 58.4 Å². The largest absolute Gasteiger partial charge is 0.348 e. The standard InChI is InChI=1S/C22H27N5O/c1-16(2)21-19(14-25-27(21)20-7-5-6-12-23-20)22(28)24-13-17-8-10-18(11-9-17)15-26(3)4/h5-12,14,16H,13,15H2,1-4H3,(H,24,28). The van der Waals surface area contributed by atoms with Crippen LogP contribution in [0.25, 0.3) is 5.82 Å². The van der Waals surface area contributed by atoms with Crippen molar-refractivity contribution in [1.29, 1.82) is 0 Å². The van der Waals surface area contributed by atoms with Gasteiger partial charge in [-0.2, -0.15) is 5.10 Å². The summed E-state index contributed by atoms with van der Waals surface area (Å²) in [5.41, 5.74) is 3.76. The lowest BCUT2D eigenvalue weighted by Crippen LogP contribution is -2.24. The Kier molecular flexibility index (Phi) is 6.21. The smallest absolute Gasteiger partial charge is 0.255 e. The van der Waals surface area contributed by atoms with E-state index in [-0.39, 0.29) is 11.8 Å². The summed E-state index contributed by atoms with van der Waals surface area (Å²) < 4.78 is 1.75. The van der Waals surface area contributed by atoms with Crippen molar-refractivity contribution in [3.05, 3.63) is 77.2 Å². The van der Waals surface area contributed by atoms with Crippen LogP contribution < -0.4 is 5.32 Å². The van der Waals surface area contributed by atoms with Crippen molar-refractivity contribution in [1.82, 2.24) is 25.0 Å². The summed E-state index contributed by atoms with van der Waals surface area (Å²) in [6.07, 6.45) is 3.35. The molecule has 0 unspecified atom stereocenters. The Labute approximate surface area is 166 Å². The monoisotopic (exact) mass is 377 g/mol. The Balaban J connectivity index is 1.73. The average Bonchev–Trinajstić information content (AvgIpc) is 3.13. The zero-order chi connectivity index (χ0) is 20.1. The Hall–Kier alpha value is -2.99. The van der Waals surface area contributed by atoms with E-state index in [1.54, 1.807) is 17.1 Å². The first kappa shape index (κ1) is 19.8. The van der Waals surface area contributed by atoms with Crippen LogP contribution in [0, 0.1) is 0 Å². The van der Waals surface area contributed by atoms with E-state index in [1.165, 1.54) is 5.56 Å². The first-order valence-electron chi connectivity index (χ1n) is 9.45. The fourth-order valence-corrected chi connectivity index (χ4v) is 3.16. The van der Waals surface area contributed by atoms with Crippen LogP contribution >= 0.6 is 0 Å². The maximum absolute atomic E-state index is 12.8. The highest BCUT2D eigenvalue weighted by Gasteiger charge is 2.21. The fraction of sp³-hybridized carbons (Fsp3) is 0.318. The summed E-state index contributed by atoms with van der Waals surface area (Å²) >= 11 is 0. The van der Waals surface area contributed by atoms with Crippen molar-refractivity contribution in [3.63, 3.8) is 0 Å².